The van der Waals surface area contributed by atoms with Crippen molar-refractivity contribution >= 4 is 11.8 Å². The number of ether oxygens (including phenoxy) is 1. The van der Waals surface area contributed by atoms with Crippen LogP contribution in [0.5, 0.6) is 0 Å². The third-order valence-corrected chi connectivity index (χ3v) is 3.35. The first-order valence-corrected chi connectivity index (χ1v) is 7.37. The molecular weight excluding hydrogens is 304 g/mol. The molecule has 0 aliphatic rings. The number of aromatic nitrogens is 2. The predicted molar refractivity (Wildman–Crippen MR) is 88.5 cm³/mol. The molecule has 0 aliphatic carbocycles. The van der Waals surface area contributed by atoms with E-state index in [1.807, 2.05) is 36.4 Å². The van der Waals surface area contributed by atoms with Gasteiger partial charge in [-0.25, -0.2) is 14.8 Å². The Labute approximate surface area is 139 Å². The number of esters is 1. The van der Waals surface area contributed by atoms with Gasteiger partial charge < -0.3 is 4.74 Å². The monoisotopic (exact) mass is 318 g/mol. The van der Waals surface area contributed by atoms with Gasteiger partial charge in [-0.2, -0.15) is 0 Å². The Balaban J connectivity index is 1.62. The van der Waals surface area contributed by atoms with Crippen molar-refractivity contribution in [1.29, 1.82) is 0 Å². The summed E-state index contributed by atoms with van der Waals surface area (Å²) in [6, 6.07) is 18.1. The summed E-state index contributed by atoms with van der Waals surface area (Å²) in [4.78, 5) is 32.2. The van der Waals surface area contributed by atoms with Crippen molar-refractivity contribution in [2.75, 3.05) is 6.61 Å². The van der Waals surface area contributed by atoms with Crippen LogP contribution >= 0.6 is 0 Å². The quantitative estimate of drug-likeness (QED) is 0.534. The highest BCUT2D eigenvalue weighted by Crippen LogP contribution is 2.13. The van der Waals surface area contributed by atoms with Crippen LogP contribution in [0.2, 0.25) is 0 Å². The van der Waals surface area contributed by atoms with E-state index in [4.69, 9.17) is 4.74 Å². The van der Waals surface area contributed by atoms with Crippen molar-refractivity contribution in [3.05, 3.63) is 84.2 Å². The fourth-order valence-electron chi connectivity index (χ4n) is 2.09. The minimum Gasteiger partial charge on any atom is -0.454 e. The third-order valence-electron chi connectivity index (χ3n) is 3.35. The van der Waals surface area contributed by atoms with Crippen LogP contribution in [0.3, 0.4) is 0 Å². The van der Waals surface area contributed by atoms with Crippen molar-refractivity contribution in [1.82, 2.24) is 9.97 Å². The highest BCUT2D eigenvalue weighted by molar-refractivity contribution is 5.99. The van der Waals surface area contributed by atoms with E-state index in [1.54, 1.807) is 24.3 Å². The molecule has 0 aliphatic heterocycles. The van der Waals surface area contributed by atoms with E-state index in [0.717, 1.165) is 5.56 Å². The Kier molecular flexibility index (Phi) is 4.72. The molecule has 0 amide bonds. The van der Waals surface area contributed by atoms with E-state index >= 15 is 0 Å². The van der Waals surface area contributed by atoms with E-state index in [0.29, 0.717) is 11.4 Å². The number of benzene rings is 2. The third kappa shape index (κ3) is 3.70. The second-order valence-corrected chi connectivity index (χ2v) is 5.03. The molecule has 1 heterocycles. The summed E-state index contributed by atoms with van der Waals surface area (Å²) in [6.07, 6.45) is 2.79. The van der Waals surface area contributed by atoms with Gasteiger partial charge in [-0.3, -0.25) is 4.79 Å². The van der Waals surface area contributed by atoms with Crippen LogP contribution in [0.4, 0.5) is 0 Å². The molecule has 0 bridgehead atoms. The molecule has 118 valence electrons. The second kappa shape index (κ2) is 7.28. The lowest BCUT2D eigenvalue weighted by Crippen LogP contribution is -2.14. The average molecular weight is 318 g/mol. The van der Waals surface area contributed by atoms with Crippen LogP contribution in [0, 0.1) is 0 Å². The number of hydrogen-bond acceptors (Lipinski definition) is 5. The summed E-state index contributed by atoms with van der Waals surface area (Å²) in [6.45, 7) is -0.316. The van der Waals surface area contributed by atoms with E-state index in [1.165, 1.54) is 12.4 Å². The van der Waals surface area contributed by atoms with Gasteiger partial charge in [0.1, 0.15) is 0 Å². The molecule has 24 heavy (non-hydrogen) atoms. The Morgan fingerprint density at radius 3 is 2.00 bits per heavy atom. The standard InChI is InChI=1S/C19H14N2O3/c22-17(14-7-3-1-4-8-14)13-24-19(23)16-11-20-18(21-12-16)15-9-5-2-6-10-15/h1-12H,13H2. The number of Topliss-reactive ketones (excluding diaryl/α,β-unsaturated/α-hetero) is 1. The first-order valence-electron chi connectivity index (χ1n) is 7.37. The van der Waals surface area contributed by atoms with E-state index in [-0.39, 0.29) is 18.0 Å². The summed E-state index contributed by atoms with van der Waals surface area (Å²) in [5.41, 5.74) is 1.56. The van der Waals surface area contributed by atoms with Crippen molar-refractivity contribution in [2.24, 2.45) is 0 Å². The first-order chi connectivity index (χ1) is 11.7. The van der Waals surface area contributed by atoms with Crippen LogP contribution in [0.25, 0.3) is 11.4 Å². The van der Waals surface area contributed by atoms with Gasteiger partial charge in [-0.15, -0.1) is 0 Å². The number of nitrogens with zero attached hydrogens (tertiary/aromatic N) is 2. The van der Waals surface area contributed by atoms with E-state index < -0.39 is 5.97 Å². The fourth-order valence-corrected chi connectivity index (χ4v) is 2.09. The van der Waals surface area contributed by atoms with Gasteiger partial charge in [0.15, 0.2) is 18.2 Å². The minimum absolute atomic E-state index is 0.204. The zero-order valence-corrected chi connectivity index (χ0v) is 12.8. The van der Waals surface area contributed by atoms with Crippen molar-refractivity contribution in [2.45, 2.75) is 0 Å². The number of rotatable bonds is 5. The number of carbonyl (C=O) groups excluding carboxylic acids is 2. The van der Waals surface area contributed by atoms with Gasteiger partial charge >= 0.3 is 5.97 Å². The van der Waals surface area contributed by atoms with Crippen LogP contribution in [0.15, 0.2) is 73.1 Å². The van der Waals surface area contributed by atoms with E-state index in [9.17, 15) is 9.59 Å². The highest BCUT2D eigenvalue weighted by atomic mass is 16.5. The summed E-state index contributed by atoms with van der Waals surface area (Å²) in [7, 11) is 0. The lowest BCUT2D eigenvalue weighted by molar-refractivity contribution is 0.0474. The molecule has 0 N–H and O–H groups in total. The first kappa shape index (κ1) is 15.6. The van der Waals surface area contributed by atoms with Gasteiger partial charge in [0, 0.05) is 23.5 Å². The number of ketones is 1. The second-order valence-electron chi connectivity index (χ2n) is 5.03. The molecule has 0 radical (unpaired) electrons. The minimum atomic E-state index is -0.626. The fraction of sp³-hybridized carbons (Fsp3) is 0.0526. The molecular formula is C19H14N2O3. The molecule has 1 aromatic heterocycles. The molecule has 3 aromatic rings. The lowest BCUT2D eigenvalue weighted by atomic mass is 10.1. The molecule has 5 nitrogen and oxygen atoms in total. The molecule has 3 rings (SSSR count). The van der Waals surface area contributed by atoms with Crippen molar-refractivity contribution in [3.8, 4) is 11.4 Å². The molecule has 0 saturated carbocycles. The molecule has 2 aromatic carbocycles. The van der Waals surface area contributed by atoms with Crippen molar-refractivity contribution < 1.29 is 14.3 Å². The normalized spacial score (nSPS) is 10.2. The van der Waals surface area contributed by atoms with Gasteiger partial charge in [-0.05, 0) is 0 Å². The SMILES string of the molecule is O=C(COC(=O)c1cnc(-c2ccccc2)nc1)c1ccccc1. The molecule has 0 unspecified atom stereocenters. The Morgan fingerprint density at radius 1 is 0.792 bits per heavy atom. The van der Waals surface area contributed by atoms with Crippen LogP contribution in [-0.2, 0) is 4.74 Å². The molecule has 0 fully saturated rings. The van der Waals surface area contributed by atoms with Crippen molar-refractivity contribution in [3.63, 3.8) is 0 Å². The number of carbonyl (C=O) groups is 2. The molecule has 0 saturated heterocycles. The summed E-state index contributed by atoms with van der Waals surface area (Å²) in [5.74, 6) is -0.364. The Bertz CT molecular complexity index is 832. The average Bonchev–Trinajstić information content (AvgIpc) is 2.67. The Morgan fingerprint density at radius 2 is 1.38 bits per heavy atom. The highest BCUT2D eigenvalue weighted by Gasteiger charge is 2.13. The predicted octanol–water partition coefficient (Wildman–Crippen LogP) is 3.18. The largest absolute Gasteiger partial charge is 0.454 e. The zero-order valence-electron chi connectivity index (χ0n) is 12.8. The van der Waals surface area contributed by atoms with Gasteiger partial charge in [0.2, 0.25) is 0 Å². The topological polar surface area (TPSA) is 69.2 Å². The molecule has 5 heteroatoms. The van der Waals surface area contributed by atoms with Gasteiger partial charge in [-0.1, -0.05) is 60.7 Å². The summed E-state index contributed by atoms with van der Waals surface area (Å²) in [5, 5.41) is 0. The maximum Gasteiger partial charge on any atom is 0.341 e. The maximum atomic E-state index is 12.0. The smallest absolute Gasteiger partial charge is 0.341 e. The maximum absolute atomic E-state index is 12.0. The van der Waals surface area contributed by atoms with Gasteiger partial charge in [0.05, 0.1) is 5.56 Å². The van der Waals surface area contributed by atoms with Crippen LogP contribution < -0.4 is 0 Å². The summed E-state index contributed by atoms with van der Waals surface area (Å²) >= 11 is 0. The molecule has 0 atom stereocenters. The lowest BCUT2D eigenvalue weighted by Gasteiger charge is -2.05. The summed E-state index contributed by atoms with van der Waals surface area (Å²) < 4.78 is 5.02. The zero-order chi connectivity index (χ0) is 16.8. The van der Waals surface area contributed by atoms with Crippen LogP contribution in [-0.4, -0.2) is 28.3 Å². The van der Waals surface area contributed by atoms with Crippen LogP contribution in [0.1, 0.15) is 20.7 Å². The molecule has 0 spiro atoms. The Hall–Kier alpha value is -3.34. The van der Waals surface area contributed by atoms with Gasteiger partial charge in [0.25, 0.3) is 0 Å². The number of hydrogen-bond donors (Lipinski definition) is 0. The van der Waals surface area contributed by atoms with E-state index in [2.05, 4.69) is 9.97 Å².